The van der Waals surface area contributed by atoms with Crippen LogP contribution in [0.2, 0.25) is 0 Å². The summed E-state index contributed by atoms with van der Waals surface area (Å²) >= 11 is 5.79. The molecule has 0 saturated carbocycles. The summed E-state index contributed by atoms with van der Waals surface area (Å²) in [4.78, 5) is 29.7. The van der Waals surface area contributed by atoms with Gasteiger partial charge in [0.05, 0.1) is 12.8 Å². The van der Waals surface area contributed by atoms with Gasteiger partial charge >= 0.3 is 5.97 Å². The molecule has 0 radical (unpaired) electrons. The molecule has 0 saturated heterocycles. The minimum absolute atomic E-state index is 0.151. The predicted molar refractivity (Wildman–Crippen MR) is 136 cm³/mol. The number of hydrogen-bond donors (Lipinski definition) is 4. The summed E-state index contributed by atoms with van der Waals surface area (Å²) in [5, 5.41) is 5.99. The molecule has 0 aliphatic heterocycles. The lowest BCUT2D eigenvalue weighted by Crippen LogP contribution is -2.48. The summed E-state index contributed by atoms with van der Waals surface area (Å²) in [5.41, 5.74) is 7.48. The first-order chi connectivity index (χ1) is 16.0. The number of nitrogens with zero attached hydrogens (tertiary/aromatic N) is 1. The van der Waals surface area contributed by atoms with E-state index in [0.717, 1.165) is 5.56 Å². The highest BCUT2D eigenvalue weighted by Crippen LogP contribution is 2.23. The summed E-state index contributed by atoms with van der Waals surface area (Å²) in [7, 11) is 1.31. The van der Waals surface area contributed by atoms with Gasteiger partial charge in [-0.25, -0.2) is 9.78 Å². The van der Waals surface area contributed by atoms with E-state index in [0.29, 0.717) is 36.6 Å². The number of pyridine rings is 1. The summed E-state index contributed by atoms with van der Waals surface area (Å²) in [6, 6.07) is 12.2. The van der Waals surface area contributed by atoms with Gasteiger partial charge in [0, 0.05) is 31.0 Å². The zero-order valence-corrected chi connectivity index (χ0v) is 20.6. The van der Waals surface area contributed by atoms with Crippen LogP contribution in [0.3, 0.4) is 0 Å². The van der Waals surface area contributed by atoms with Gasteiger partial charge in [-0.3, -0.25) is 4.79 Å². The van der Waals surface area contributed by atoms with E-state index in [2.05, 4.69) is 28.2 Å². The Morgan fingerprint density at radius 1 is 1.21 bits per heavy atom. The van der Waals surface area contributed by atoms with Crippen molar-refractivity contribution in [2.45, 2.75) is 31.0 Å². The fraction of sp³-hybridized carbons (Fsp3) is 0.435. The van der Waals surface area contributed by atoms with Crippen LogP contribution in [-0.2, 0) is 20.7 Å². The molecule has 3 atom stereocenters. The fourth-order valence-corrected chi connectivity index (χ4v) is 3.57. The SMILES string of the molecule is COC(=O)[C@H](CCSC)NC(=O)[C@H](Cc1ccccc1)Oc1ncccc1NCC(N)CS. The standard InChI is InChI=1S/C23H32N4O4S2/c1-30-23(29)19(10-12-33-2)27-21(28)20(13-16-7-4-3-5-8-16)31-22-18(9-6-11-25-22)26-14-17(24)15-32/h3-9,11,17,19-20,26,32H,10,12-15,24H2,1-2H3,(H,27,28)/t17?,19-,20-/m0/s1. The molecule has 0 bridgehead atoms. The number of nitrogens with two attached hydrogens (primary N) is 1. The highest BCUT2D eigenvalue weighted by Gasteiger charge is 2.28. The molecule has 180 valence electrons. The number of thioether (sulfide) groups is 1. The van der Waals surface area contributed by atoms with Crippen LogP contribution in [-0.4, -0.2) is 66.5 Å². The minimum Gasteiger partial charge on any atom is -0.467 e. The van der Waals surface area contributed by atoms with Gasteiger partial charge in [-0.05, 0) is 36.1 Å². The first-order valence-corrected chi connectivity index (χ1v) is 12.6. The van der Waals surface area contributed by atoms with Gasteiger partial charge in [0.25, 0.3) is 5.91 Å². The largest absolute Gasteiger partial charge is 0.467 e. The van der Waals surface area contributed by atoms with E-state index in [4.69, 9.17) is 15.2 Å². The van der Waals surface area contributed by atoms with E-state index in [-0.39, 0.29) is 11.9 Å². The maximum Gasteiger partial charge on any atom is 0.328 e. The Morgan fingerprint density at radius 3 is 2.64 bits per heavy atom. The average molecular weight is 493 g/mol. The van der Waals surface area contributed by atoms with E-state index in [9.17, 15) is 9.59 Å². The molecule has 2 rings (SSSR count). The number of methoxy groups -OCH3 is 1. The molecule has 0 aliphatic rings. The molecule has 1 amide bonds. The Balaban J connectivity index is 2.24. The van der Waals surface area contributed by atoms with Crippen LogP contribution < -0.4 is 21.1 Å². The zero-order valence-electron chi connectivity index (χ0n) is 18.9. The molecular formula is C23H32N4O4S2. The normalized spacial score (nSPS) is 13.5. The van der Waals surface area contributed by atoms with Crippen LogP contribution in [0.5, 0.6) is 5.88 Å². The van der Waals surface area contributed by atoms with Crippen molar-refractivity contribution < 1.29 is 19.1 Å². The molecule has 0 aliphatic carbocycles. The summed E-state index contributed by atoms with van der Waals surface area (Å²) in [6.07, 6.45) is 3.37. The highest BCUT2D eigenvalue weighted by atomic mass is 32.2. The molecule has 4 N–H and O–H groups in total. The van der Waals surface area contributed by atoms with Crippen LogP contribution in [0.15, 0.2) is 48.7 Å². The van der Waals surface area contributed by atoms with Crippen molar-refractivity contribution in [2.24, 2.45) is 5.73 Å². The number of nitrogens with one attached hydrogen (secondary N) is 2. The molecule has 33 heavy (non-hydrogen) atoms. The fourth-order valence-electron chi connectivity index (χ4n) is 2.97. The number of esters is 1. The van der Waals surface area contributed by atoms with Crippen molar-refractivity contribution in [3.8, 4) is 5.88 Å². The minimum atomic E-state index is -0.914. The van der Waals surface area contributed by atoms with Crippen molar-refractivity contribution in [3.05, 3.63) is 54.2 Å². The van der Waals surface area contributed by atoms with E-state index in [1.54, 1.807) is 30.1 Å². The smallest absolute Gasteiger partial charge is 0.328 e. The molecule has 0 spiro atoms. The number of rotatable bonds is 14. The molecule has 0 fully saturated rings. The molecule has 1 aromatic carbocycles. The van der Waals surface area contributed by atoms with E-state index in [1.165, 1.54) is 7.11 Å². The Morgan fingerprint density at radius 2 is 1.97 bits per heavy atom. The number of anilines is 1. The number of benzene rings is 1. The first kappa shape index (κ1) is 26.8. The van der Waals surface area contributed by atoms with Gasteiger partial charge in [-0.2, -0.15) is 24.4 Å². The van der Waals surface area contributed by atoms with Gasteiger partial charge in [0.15, 0.2) is 6.10 Å². The molecule has 1 unspecified atom stereocenters. The molecule has 2 aromatic rings. The van der Waals surface area contributed by atoms with Gasteiger partial charge in [0.2, 0.25) is 5.88 Å². The topological polar surface area (TPSA) is 116 Å². The summed E-state index contributed by atoms with van der Waals surface area (Å²) < 4.78 is 11.0. The van der Waals surface area contributed by atoms with Crippen LogP contribution in [0.4, 0.5) is 5.69 Å². The molecule has 8 nitrogen and oxygen atoms in total. The monoisotopic (exact) mass is 492 g/mol. The third kappa shape index (κ3) is 9.15. The Bertz CT molecular complexity index is 873. The number of carbonyl (C=O) groups excluding carboxylic acids is 2. The number of thiol groups is 1. The van der Waals surface area contributed by atoms with Crippen molar-refractivity contribution in [3.63, 3.8) is 0 Å². The van der Waals surface area contributed by atoms with Crippen molar-refractivity contribution in [1.82, 2.24) is 10.3 Å². The predicted octanol–water partition coefficient (Wildman–Crippen LogP) is 2.15. The quantitative estimate of drug-likeness (QED) is 0.234. The number of hydrogen-bond acceptors (Lipinski definition) is 9. The van der Waals surface area contributed by atoms with Crippen LogP contribution in [0.1, 0.15) is 12.0 Å². The van der Waals surface area contributed by atoms with Crippen molar-refractivity contribution in [1.29, 1.82) is 0 Å². The van der Waals surface area contributed by atoms with Crippen LogP contribution >= 0.6 is 24.4 Å². The second-order valence-corrected chi connectivity index (χ2v) is 8.69. The Hall–Kier alpha value is -2.43. The van der Waals surface area contributed by atoms with E-state index in [1.807, 2.05) is 36.6 Å². The van der Waals surface area contributed by atoms with Gasteiger partial charge in [-0.15, -0.1) is 0 Å². The lowest BCUT2D eigenvalue weighted by molar-refractivity contribution is -0.146. The lowest BCUT2D eigenvalue weighted by atomic mass is 10.1. The Kier molecular flexibility index (Phi) is 11.9. The summed E-state index contributed by atoms with van der Waals surface area (Å²) in [6.45, 7) is 0.472. The second kappa shape index (κ2) is 14.7. The number of carbonyl (C=O) groups is 2. The van der Waals surface area contributed by atoms with E-state index < -0.39 is 24.0 Å². The second-order valence-electron chi connectivity index (χ2n) is 7.34. The van der Waals surface area contributed by atoms with Crippen molar-refractivity contribution >= 4 is 42.0 Å². The number of ether oxygens (including phenoxy) is 2. The van der Waals surface area contributed by atoms with Crippen molar-refractivity contribution in [2.75, 3.05) is 36.7 Å². The average Bonchev–Trinajstić information content (AvgIpc) is 2.85. The zero-order chi connectivity index (χ0) is 24.1. The molecular weight excluding hydrogens is 460 g/mol. The lowest BCUT2D eigenvalue weighted by Gasteiger charge is -2.23. The third-order valence-electron chi connectivity index (χ3n) is 4.78. The molecule has 10 heteroatoms. The first-order valence-electron chi connectivity index (χ1n) is 10.6. The van der Waals surface area contributed by atoms with Crippen LogP contribution in [0, 0.1) is 0 Å². The van der Waals surface area contributed by atoms with Crippen LogP contribution in [0.25, 0.3) is 0 Å². The number of amides is 1. The summed E-state index contributed by atoms with van der Waals surface area (Å²) in [5.74, 6) is 0.590. The third-order valence-corrected chi connectivity index (χ3v) is 5.90. The molecule has 1 aromatic heterocycles. The molecule has 1 heterocycles. The Labute approximate surface area is 204 Å². The van der Waals surface area contributed by atoms with Gasteiger partial charge < -0.3 is 25.8 Å². The number of aromatic nitrogens is 1. The maximum absolute atomic E-state index is 13.2. The maximum atomic E-state index is 13.2. The highest BCUT2D eigenvalue weighted by molar-refractivity contribution is 7.98. The van der Waals surface area contributed by atoms with Gasteiger partial charge in [-0.1, -0.05) is 30.3 Å². The van der Waals surface area contributed by atoms with E-state index >= 15 is 0 Å². The van der Waals surface area contributed by atoms with Gasteiger partial charge in [0.1, 0.15) is 6.04 Å².